The van der Waals surface area contributed by atoms with Crippen molar-refractivity contribution >= 4 is 44.8 Å². The Bertz CT molecular complexity index is 624. The van der Waals surface area contributed by atoms with Crippen LogP contribution in [-0.4, -0.2) is 6.04 Å². The van der Waals surface area contributed by atoms with E-state index in [2.05, 4.69) is 33.4 Å². The molecule has 0 aromatic heterocycles. The van der Waals surface area contributed by atoms with E-state index in [1.54, 1.807) is 0 Å². The molecule has 0 radical (unpaired) electrons. The maximum absolute atomic E-state index is 6.22. The van der Waals surface area contributed by atoms with Gasteiger partial charge in [0.25, 0.3) is 0 Å². The van der Waals surface area contributed by atoms with Crippen molar-refractivity contribution in [3.63, 3.8) is 0 Å². The number of benzene rings is 2. The second kappa shape index (κ2) is 5.97. The summed E-state index contributed by atoms with van der Waals surface area (Å²) in [6.07, 6.45) is 2.24. The molecule has 2 aromatic carbocycles. The molecule has 3 rings (SSSR count). The number of hydrogen-bond acceptors (Lipinski definition) is 1. The molecule has 1 nitrogen and oxygen atoms in total. The maximum Gasteiger partial charge on any atom is 0.0648 e. The molecule has 0 heterocycles. The van der Waals surface area contributed by atoms with Crippen LogP contribution in [0.25, 0.3) is 0 Å². The fraction of sp³-hybridized carbons (Fsp3) is 0.250. The van der Waals surface area contributed by atoms with Crippen LogP contribution < -0.4 is 5.32 Å². The van der Waals surface area contributed by atoms with Crippen molar-refractivity contribution in [2.75, 3.05) is 5.32 Å². The molecule has 1 aliphatic rings. The molecular weight excluding hydrogens is 357 g/mol. The molecule has 0 unspecified atom stereocenters. The van der Waals surface area contributed by atoms with E-state index in [-0.39, 0.29) is 0 Å². The Kier molecular flexibility index (Phi) is 4.25. The van der Waals surface area contributed by atoms with Crippen LogP contribution in [0.5, 0.6) is 0 Å². The first-order valence-corrected chi connectivity index (χ1v) is 8.14. The topological polar surface area (TPSA) is 12.0 Å². The van der Waals surface area contributed by atoms with E-state index in [4.69, 9.17) is 23.2 Å². The molecule has 1 aliphatic carbocycles. The first kappa shape index (κ1) is 14.2. The van der Waals surface area contributed by atoms with Gasteiger partial charge in [0, 0.05) is 15.5 Å². The van der Waals surface area contributed by atoms with Gasteiger partial charge in [-0.25, -0.2) is 0 Å². The SMILES string of the molecule is Clc1cccc(C2CC(Nc3ccc(Br)cc3Cl)C2)c1. The van der Waals surface area contributed by atoms with E-state index < -0.39 is 0 Å². The zero-order valence-corrected chi connectivity index (χ0v) is 13.8. The lowest BCUT2D eigenvalue weighted by molar-refractivity contribution is 0.374. The van der Waals surface area contributed by atoms with Crippen molar-refractivity contribution in [2.45, 2.75) is 24.8 Å². The molecule has 20 heavy (non-hydrogen) atoms. The van der Waals surface area contributed by atoms with E-state index in [9.17, 15) is 0 Å². The smallest absolute Gasteiger partial charge is 0.0648 e. The average Bonchev–Trinajstić information content (AvgIpc) is 2.35. The minimum Gasteiger partial charge on any atom is -0.381 e. The van der Waals surface area contributed by atoms with Gasteiger partial charge in [-0.15, -0.1) is 0 Å². The molecule has 0 atom stereocenters. The van der Waals surface area contributed by atoms with Crippen LogP contribution in [0.4, 0.5) is 5.69 Å². The highest BCUT2D eigenvalue weighted by atomic mass is 79.9. The summed E-state index contributed by atoms with van der Waals surface area (Å²) in [7, 11) is 0. The minimum absolute atomic E-state index is 0.484. The fourth-order valence-corrected chi connectivity index (χ4v) is 3.52. The number of nitrogens with one attached hydrogen (secondary N) is 1. The van der Waals surface area contributed by atoms with Gasteiger partial charge in [0.2, 0.25) is 0 Å². The van der Waals surface area contributed by atoms with Gasteiger partial charge in [-0.2, -0.15) is 0 Å². The van der Waals surface area contributed by atoms with Gasteiger partial charge in [0.05, 0.1) is 10.7 Å². The standard InChI is InChI=1S/C16H14BrCl2N/c17-12-4-5-16(15(19)9-12)20-14-7-11(8-14)10-2-1-3-13(18)6-10/h1-6,9,11,14,20H,7-8H2. The zero-order chi connectivity index (χ0) is 14.1. The summed E-state index contributed by atoms with van der Waals surface area (Å²) in [6.45, 7) is 0. The zero-order valence-electron chi connectivity index (χ0n) is 10.7. The Labute approximate surface area is 137 Å². The molecule has 1 N–H and O–H groups in total. The quantitative estimate of drug-likeness (QED) is 0.686. The van der Waals surface area contributed by atoms with Crippen molar-refractivity contribution in [2.24, 2.45) is 0 Å². The molecule has 0 saturated heterocycles. The molecule has 0 amide bonds. The van der Waals surface area contributed by atoms with Crippen LogP contribution in [0.1, 0.15) is 24.3 Å². The van der Waals surface area contributed by atoms with E-state index in [1.807, 2.05) is 30.3 Å². The second-order valence-electron chi connectivity index (χ2n) is 5.19. The Balaban J connectivity index is 1.61. The predicted octanol–water partition coefficient (Wildman–Crippen LogP) is 6.11. The van der Waals surface area contributed by atoms with Crippen molar-refractivity contribution in [1.82, 2.24) is 0 Å². The largest absolute Gasteiger partial charge is 0.381 e. The summed E-state index contributed by atoms with van der Waals surface area (Å²) in [5.74, 6) is 0.598. The lowest BCUT2D eigenvalue weighted by atomic mass is 9.76. The molecule has 0 bridgehead atoms. The Morgan fingerprint density at radius 1 is 1.05 bits per heavy atom. The molecule has 0 spiro atoms. The summed E-state index contributed by atoms with van der Waals surface area (Å²) in [5, 5.41) is 5.07. The van der Waals surface area contributed by atoms with Crippen molar-refractivity contribution in [3.8, 4) is 0 Å². The lowest BCUT2D eigenvalue weighted by Gasteiger charge is -2.37. The van der Waals surface area contributed by atoms with Crippen molar-refractivity contribution in [1.29, 1.82) is 0 Å². The Hall–Kier alpha value is -0.700. The maximum atomic E-state index is 6.22. The molecule has 104 valence electrons. The first-order valence-electron chi connectivity index (χ1n) is 6.59. The Morgan fingerprint density at radius 3 is 2.55 bits per heavy atom. The third kappa shape index (κ3) is 3.13. The summed E-state index contributed by atoms with van der Waals surface area (Å²) >= 11 is 15.7. The fourth-order valence-electron chi connectivity index (χ4n) is 2.59. The third-order valence-corrected chi connectivity index (χ3v) is 4.79. The predicted molar refractivity (Wildman–Crippen MR) is 90.0 cm³/mol. The number of rotatable bonds is 3. The Morgan fingerprint density at radius 2 is 1.85 bits per heavy atom. The molecule has 4 heteroatoms. The van der Waals surface area contributed by atoms with Crippen LogP contribution in [0, 0.1) is 0 Å². The average molecular weight is 371 g/mol. The van der Waals surface area contributed by atoms with Crippen LogP contribution in [0.2, 0.25) is 10.0 Å². The molecule has 2 aromatic rings. The van der Waals surface area contributed by atoms with Crippen molar-refractivity contribution in [3.05, 3.63) is 62.5 Å². The number of hydrogen-bond donors (Lipinski definition) is 1. The molecule has 0 aliphatic heterocycles. The second-order valence-corrected chi connectivity index (χ2v) is 6.95. The van der Waals surface area contributed by atoms with Crippen LogP contribution in [0.3, 0.4) is 0 Å². The normalized spacial score (nSPS) is 21.4. The summed E-state index contributed by atoms with van der Waals surface area (Å²) in [6, 6.07) is 14.6. The van der Waals surface area contributed by atoms with Gasteiger partial charge in [-0.1, -0.05) is 51.3 Å². The van der Waals surface area contributed by atoms with Crippen LogP contribution in [-0.2, 0) is 0 Å². The van der Waals surface area contributed by atoms with Crippen LogP contribution >= 0.6 is 39.1 Å². The number of anilines is 1. The van der Waals surface area contributed by atoms with Crippen molar-refractivity contribution < 1.29 is 0 Å². The highest BCUT2D eigenvalue weighted by Gasteiger charge is 2.30. The van der Waals surface area contributed by atoms with Gasteiger partial charge < -0.3 is 5.32 Å². The van der Waals surface area contributed by atoms with E-state index in [0.717, 1.165) is 33.0 Å². The molecule has 1 fully saturated rings. The van der Waals surface area contributed by atoms with Crippen LogP contribution in [0.15, 0.2) is 46.9 Å². The molecule has 1 saturated carbocycles. The van der Waals surface area contributed by atoms with E-state index in [1.165, 1.54) is 5.56 Å². The van der Waals surface area contributed by atoms with Gasteiger partial charge in [0.1, 0.15) is 0 Å². The summed E-state index contributed by atoms with van der Waals surface area (Å²) < 4.78 is 0.999. The van der Waals surface area contributed by atoms with Gasteiger partial charge in [-0.3, -0.25) is 0 Å². The highest BCUT2D eigenvalue weighted by molar-refractivity contribution is 9.10. The first-order chi connectivity index (χ1) is 9.61. The van der Waals surface area contributed by atoms with Gasteiger partial charge >= 0.3 is 0 Å². The monoisotopic (exact) mass is 369 g/mol. The van der Waals surface area contributed by atoms with E-state index >= 15 is 0 Å². The third-order valence-electron chi connectivity index (χ3n) is 3.75. The summed E-state index contributed by atoms with van der Waals surface area (Å²) in [5.41, 5.74) is 2.34. The number of halogens is 3. The van der Waals surface area contributed by atoms with Gasteiger partial charge in [-0.05, 0) is 54.7 Å². The minimum atomic E-state index is 0.484. The highest BCUT2D eigenvalue weighted by Crippen LogP contribution is 2.40. The van der Waals surface area contributed by atoms with E-state index in [0.29, 0.717) is 12.0 Å². The summed E-state index contributed by atoms with van der Waals surface area (Å²) in [4.78, 5) is 0. The van der Waals surface area contributed by atoms with Gasteiger partial charge in [0.15, 0.2) is 0 Å². The molecular formula is C16H14BrCl2N. The lowest BCUT2D eigenvalue weighted by Crippen LogP contribution is -2.34.